The van der Waals surface area contributed by atoms with E-state index < -0.39 is 14.7 Å². The molecule has 0 bridgehead atoms. The second kappa shape index (κ2) is 6.02. The summed E-state index contributed by atoms with van der Waals surface area (Å²) >= 11 is 0. The van der Waals surface area contributed by atoms with Gasteiger partial charge in [-0.05, 0) is 6.92 Å². The van der Waals surface area contributed by atoms with E-state index in [0.29, 0.717) is 6.61 Å². The van der Waals surface area contributed by atoms with Crippen molar-refractivity contribution in [2.45, 2.75) is 83.0 Å². The highest BCUT2D eigenvalue weighted by atomic mass is 28.4. The normalized spacial score (nSPS) is 39.5. The average Bonchev–Trinajstić information content (AvgIpc) is 3.03. The van der Waals surface area contributed by atoms with Gasteiger partial charge in [0.1, 0.15) is 12.2 Å². The van der Waals surface area contributed by atoms with Crippen LogP contribution in [0.3, 0.4) is 0 Å². The molecule has 1 saturated carbocycles. The average molecular weight is 373 g/mol. The van der Waals surface area contributed by atoms with Crippen molar-refractivity contribution in [3.63, 3.8) is 0 Å². The molecule has 7 heteroatoms. The summed E-state index contributed by atoms with van der Waals surface area (Å²) in [5.74, 6) is -0.576. The minimum absolute atomic E-state index is 0.0362. The van der Waals surface area contributed by atoms with Crippen LogP contribution in [0.4, 0.5) is 0 Å². The first-order chi connectivity index (χ1) is 11.5. The van der Waals surface area contributed by atoms with Gasteiger partial charge in [-0.2, -0.15) is 0 Å². The van der Waals surface area contributed by atoms with Gasteiger partial charge in [-0.25, -0.2) is 0 Å². The fourth-order valence-electron chi connectivity index (χ4n) is 4.79. The number of esters is 1. The van der Waals surface area contributed by atoms with E-state index in [0.717, 1.165) is 0 Å². The van der Waals surface area contributed by atoms with Crippen molar-refractivity contribution in [2.75, 3.05) is 13.2 Å². The third kappa shape index (κ3) is 2.79. The van der Waals surface area contributed by atoms with Crippen molar-refractivity contribution in [1.29, 1.82) is 0 Å². The van der Waals surface area contributed by atoms with Gasteiger partial charge in [0, 0.05) is 16.0 Å². The summed E-state index contributed by atoms with van der Waals surface area (Å²) in [7, 11) is -2.66. The van der Waals surface area contributed by atoms with Crippen LogP contribution in [-0.2, 0) is 23.1 Å². The van der Waals surface area contributed by atoms with Gasteiger partial charge in [0.25, 0.3) is 0 Å². The maximum Gasteiger partial charge on any atom is 0.350 e. The molecule has 1 N–H and O–H groups in total. The molecular formula is C18H32O6Si. The molecule has 0 aromatic rings. The fourth-order valence-corrected chi connectivity index (χ4v) is 9.85. The van der Waals surface area contributed by atoms with Crippen LogP contribution in [-0.4, -0.2) is 57.3 Å². The highest BCUT2D eigenvalue weighted by Gasteiger charge is 2.74. The molecule has 2 aliphatic heterocycles. The minimum Gasteiger partial charge on any atom is -0.466 e. The lowest BCUT2D eigenvalue weighted by Gasteiger charge is -2.45. The molecule has 1 aliphatic carbocycles. The zero-order chi connectivity index (χ0) is 18.8. The molecule has 0 radical (unpaired) electrons. The predicted octanol–water partition coefficient (Wildman–Crippen LogP) is 2.38. The van der Waals surface area contributed by atoms with E-state index in [1.165, 1.54) is 0 Å². The molecule has 25 heavy (non-hydrogen) atoms. The van der Waals surface area contributed by atoms with Crippen LogP contribution in [0, 0.1) is 11.8 Å². The summed E-state index contributed by atoms with van der Waals surface area (Å²) in [6.07, 6.45) is -1.22. The van der Waals surface area contributed by atoms with Crippen LogP contribution in [0.2, 0.25) is 10.1 Å². The Morgan fingerprint density at radius 3 is 2.08 bits per heavy atom. The lowest BCUT2D eigenvalue weighted by Crippen LogP contribution is -2.54. The summed E-state index contributed by atoms with van der Waals surface area (Å²) in [5.41, 5.74) is 0. The minimum atomic E-state index is -2.66. The third-order valence-electron chi connectivity index (χ3n) is 5.73. The molecule has 3 fully saturated rings. The standard InChI is InChI=1S/C18H32O6Si/c1-8-21-16(20)12-11-14(12)22-10(9-19)13-15(11)24-25(23-13,17(2,3)4)18(5,6)7/h10-15,19H,8-9H2,1-7H3/t10-,11+,12+,13+,14+,15-/m1/s1. The van der Waals surface area contributed by atoms with Crippen LogP contribution in [0.1, 0.15) is 48.5 Å². The summed E-state index contributed by atoms with van der Waals surface area (Å²) in [6.45, 7) is 15.0. The molecule has 0 aromatic heterocycles. The topological polar surface area (TPSA) is 74.2 Å². The Labute approximate surface area is 151 Å². The van der Waals surface area contributed by atoms with E-state index in [1.807, 2.05) is 0 Å². The Morgan fingerprint density at radius 2 is 1.60 bits per heavy atom. The van der Waals surface area contributed by atoms with E-state index in [9.17, 15) is 9.90 Å². The number of fused-ring (bicyclic) bond motifs is 3. The monoisotopic (exact) mass is 372 g/mol. The molecule has 3 rings (SSSR count). The largest absolute Gasteiger partial charge is 0.466 e. The van der Waals surface area contributed by atoms with Gasteiger partial charge in [0.15, 0.2) is 0 Å². The van der Waals surface area contributed by atoms with Gasteiger partial charge in [0.2, 0.25) is 0 Å². The third-order valence-corrected chi connectivity index (χ3v) is 10.9. The van der Waals surface area contributed by atoms with Gasteiger partial charge >= 0.3 is 14.5 Å². The number of carbonyl (C=O) groups is 1. The Hall–Kier alpha value is -0.473. The zero-order valence-corrected chi connectivity index (χ0v) is 17.4. The number of rotatable bonds is 3. The van der Waals surface area contributed by atoms with Gasteiger partial charge in [-0.3, -0.25) is 4.79 Å². The van der Waals surface area contributed by atoms with E-state index in [1.54, 1.807) is 6.92 Å². The molecule has 6 nitrogen and oxygen atoms in total. The molecule has 2 heterocycles. The smallest absolute Gasteiger partial charge is 0.350 e. The van der Waals surface area contributed by atoms with Gasteiger partial charge < -0.3 is 23.4 Å². The predicted molar refractivity (Wildman–Crippen MR) is 94.3 cm³/mol. The molecule has 3 aliphatic rings. The van der Waals surface area contributed by atoms with Crippen molar-refractivity contribution >= 4 is 14.5 Å². The molecule has 0 amide bonds. The van der Waals surface area contributed by atoms with Crippen LogP contribution in [0.25, 0.3) is 0 Å². The molecule has 0 unspecified atom stereocenters. The number of hydrogen-bond donors (Lipinski definition) is 1. The Kier molecular flexibility index (Phi) is 4.65. The first kappa shape index (κ1) is 19.3. The lowest BCUT2D eigenvalue weighted by molar-refractivity contribution is -0.146. The van der Waals surface area contributed by atoms with E-state index in [4.69, 9.17) is 18.3 Å². The molecule has 0 aromatic carbocycles. The summed E-state index contributed by atoms with van der Waals surface area (Å²) in [6, 6.07) is 0. The Balaban J connectivity index is 1.93. The van der Waals surface area contributed by atoms with E-state index in [-0.39, 0.29) is 52.8 Å². The number of aliphatic hydroxyl groups excluding tert-OH is 1. The summed E-state index contributed by atoms with van der Waals surface area (Å²) in [5, 5.41) is 9.52. The van der Waals surface area contributed by atoms with Crippen LogP contribution < -0.4 is 0 Å². The van der Waals surface area contributed by atoms with Crippen LogP contribution in [0.15, 0.2) is 0 Å². The maximum absolute atomic E-state index is 12.3. The van der Waals surface area contributed by atoms with E-state index >= 15 is 0 Å². The van der Waals surface area contributed by atoms with Crippen molar-refractivity contribution in [3.05, 3.63) is 0 Å². The Morgan fingerprint density at radius 1 is 1.04 bits per heavy atom. The van der Waals surface area contributed by atoms with Crippen molar-refractivity contribution < 1.29 is 28.2 Å². The molecule has 6 atom stereocenters. The first-order valence-electron chi connectivity index (χ1n) is 9.27. The molecule has 2 saturated heterocycles. The molecule has 0 spiro atoms. The number of carbonyl (C=O) groups excluding carboxylic acids is 1. The highest BCUT2D eigenvalue weighted by molar-refractivity contribution is 6.74. The van der Waals surface area contributed by atoms with Crippen molar-refractivity contribution in [1.82, 2.24) is 0 Å². The first-order valence-corrected chi connectivity index (χ1v) is 11.1. The number of hydrogen-bond acceptors (Lipinski definition) is 6. The van der Waals surface area contributed by atoms with Gasteiger partial charge in [0.05, 0.1) is 31.3 Å². The fraction of sp³-hybridized carbons (Fsp3) is 0.944. The number of ether oxygens (including phenoxy) is 2. The van der Waals surface area contributed by atoms with Crippen LogP contribution >= 0.6 is 0 Å². The van der Waals surface area contributed by atoms with Crippen LogP contribution in [0.5, 0.6) is 0 Å². The zero-order valence-electron chi connectivity index (χ0n) is 16.4. The van der Waals surface area contributed by atoms with Crippen molar-refractivity contribution in [2.24, 2.45) is 11.8 Å². The summed E-state index contributed by atoms with van der Waals surface area (Å²) < 4.78 is 24.6. The SMILES string of the molecule is CCOC(=O)[C@@H]1[C@H]2O[C@H](CO)[C@@H]3O[Si](C(C)(C)C)(C(C)(C)C)O[C@@H]3[C@H]21. The lowest BCUT2D eigenvalue weighted by atomic mass is 10.0. The number of aliphatic hydroxyl groups is 1. The highest BCUT2D eigenvalue weighted by Crippen LogP contribution is 2.62. The second-order valence-corrected chi connectivity index (χ2v) is 14.2. The Bertz CT molecular complexity index is 523. The quantitative estimate of drug-likeness (QED) is 0.606. The maximum atomic E-state index is 12.3. The van der Waals surface area contributed by atoms with Gasteiger partial charge in [-0.15, -0.1) is 0 Å². The summed E-state index contributed by atoms with van der Waals surface area (Å²) in [4.78, 5) is 12.3. The van der Waals surface area contributed by atoms with E-state index in [2.05, 4.69) is 41.5 Å². The van der Waals surface area contributed by atoms with Gasteiger partial charge in [-0.1, -0.05) is 41.5 Å². The van der Waals surface area contributed by atoms with Crippen molar-refractivity contribution in [3.8, 4) is 0 Å². The second-order valence-electron chi connectivity index (χ2n) is 9.46. The molecular weight excluding hydrogens is 340 g/mol. The molecule has 144 valence electrons.